The van der Waals surface area contributed by atoms with Crippen molar-refractivity contribution in [3.8, 4) is 5.75 Å². The van der Waals surface area contributed by atoms with E-state index in [1.807, 2.05) is 12.1 Å². The molecule has 3 nitrogen and oxygen atoms in total. The van der Waals surface area contributed by atoms with Crippen LogP contribution in [0.25, 0.3) is 0 Å². The number of hydrogen-bond acceptors (Lipinski definition) is 3. The molecular weight excluding hydrogens is 238 g/mol. The van der Waals surface area contributed by atoms with Crippen LogP contribution in [0.5, 0.6) is 5.75 Å². The highest BCUT2D eigenvalue weighted by molar-refractivity contribution is 5.25. The van der Waals surface area contributed by atoms with Crippen molar-refractivity contribution in [2.45, 2.75) is 46.1 Å². The van der Waals surface area contributed by atoms with Gasteiger partial charge in [-0.3, -0.25) is 0 Å². The van der Waals surface area contributed by atoms with E-state index in [-0.39, 0.29) is 12.0 Å². The number of phenolic OH excluding ortho intramolecular Hbond substituents is 1. The third-order valence-corrected chi connectivity index (χ3v) is 3.91. The van der Waals surface area contributed by atoms with Crippen LogP contribution in [0.3, 0.4) is 0 Å². The van der Waals surface area contributed by atoms with Gasteiger partial charge in [-0.1, -0.05) is 26.0 Å². The minimum absolute atomic E-state index is 0.0210. The summed E-state index contributed by atoms with van der Waals surface area (Å²) in [5.41, 5.74) is 1.22. The van der Waals surface area contributed by atoms with Crippen LogP contribution in [0.4, 0.5) is 0 Å². The van der Waals surface area contributed by atoms with E-state index in [4.69, 9.17) is 0 Å². The number of nitrogens with one attached hydrogen (secondary N) is 1. The fraction of sp³-hybridized carbons (Fsp3) is 0.625. The topological polar surface area (TPSA) is 52.5 Å². The summed E-state index contributed by atoms with van der Waals surface area (Å²) in [6.07, 6.45) is 3.02. The fourth-order valence-electron chi connectivity index (χ4n) is 1.86. The van der Waals surface area contributed by atoms with Crippen molar-refractivity contribution in [1.82, 2.24) is 5.32 Å². The highest BCUT2D eigenvalue weighted by Crippen LogP contribution is 2.19. The number of aliphatic hydroxyl groups excluding tert-OH is 1. The number of rotatable bonds is 8. The Morgan fingerprint density at radius 1 is 1.26 bits per heavy atom. The van der Waals surface area contributed by atoms with Crippen molar-refractivity contribution in [1.29, 1.82) is 0 Å². The Kier molecular flexibility index (Phi) is 6.32. The second-order valence-corrected chi connectivity index (χ2v) is 5.81. The first kappa shape index (κ1) is 16.0. The summed E-state index contributed by atoms with van der Waals surface area (Å²) in [5.74, 6) is 0.316. The molecule has 108 valence electrons. The maximum atomic E-state index is 9.37. The lowest BCUT2D eigenvalue weighted by Crippen LogP contribution is -2.39. The maximum absolute atomic E-state index is 9.37. The highest BCUT2D eigenvalue weighted by Gasteiger charge is 2.21. The van der Waals surface area contributed by atoms with Crippen LogP contribution in [0.2, 0.25) is 0 Å². The van der Waals surface area contributed by atoms with Gasteiger partial charge in [-0.05, 0) is 43.9 Å². The summed E-state index contributed by atoms with van der Waals surface area (Å²) < 4.78 is 0. The summed E-state index contributed by atoms with van der Waals surface area (Å²) in [7, 11) is 0. The molecular formula is C16H27NO2. The molecule has 2 unspecified atom stereocenters. The Balaban J connectivity index is 2.31. The van der Waals surface area contributed by atoms with E-state index in [0.717, 1.165) is 25.8 Å². The maximum Gasteiger partial charge on any atom is 0.115 e. The molecule has 0 aliphatic rings. The van der Waals surface area contributed by atoms with E-state index in [9.17, 15) is 10.2 Å². The van der Waals surface area contributed by atoms with Crippen LogP contribution < -0.4 is 5.32 Å². The minimum atomic E-state index is -0.0210. The molecule has 19 heavy (non-hydrogen) atoms. The second-order valence-electron chi connectivity index (χ2n) is 5.81. The summed E-state index contributed by atoms with van der Waals surface area (Å²) in [4.78, 5) is 0. The minimum Gasteiger partial charge on any atom is -0.508 e. The van der Waals surface area contributed by atoms with E-state index >= 15 is 0 Å². The van der Waals surface area contributed by atoms with Crippen LogP contribution in [-0.4, -0.2) is 29.4 Å². The SMILES string of the molecule is CCC(C)(CO)CNC(C)CCc1ccc(O)cc1. The van der Waals surface area contributed by atoms with E-state index in [1.165, 1.54) is 5.56 Å². The summed E-state index contributed by atoms with van der Waals surface area (Å²) in [6, 6.07) is 7.81. The number of aliphatic hydroxyl groups is 1. The van der Waals surface area contributed by atoms with E-state index in [2.05, 4.69) is 26.1 Å². The number of benzene rings is 1. The van der Waals surface area contributed by atoms with Gasteiger partial charge in [0.1, 0.15) is 5.75 Å². The molecule has 0 fully saturated rings. The van der Waals surface area contributed by atoms with E-state index < -0.39 is 0 Å². The molecule has 0 heterocycles. The van der Waals surface area contributed by atoms with Gasteiger partial charge in [0.15, 0.2) is 0 Å². The lowest BCUT2D eigenvalue weighted by Gasteiger charge is -2.28. The predicted octanol–water partition coefficient (Wildman–Crippen LogP) is 2.71. The van der Waals surface area contributed by atoms with Crippen LogP contribution in [0.15, 0.2) is 24.3 Å². The summed E-state index contributed by atoms with van der Waals surface area (Å²) in [5, 5.41) is 22.1. The second kappa shape index (κ2) is 7.51. The van der Waals surface area contributed by atoms with Crippen LogP contribution >= 0.6 is 0 Å². The highest BCUT2D eigenvalue weighted by atomic mass is 16.3. The van der Waals surface area contributed by atoms with Gasteiger partial charge in [-0.2, -0.15) is 0 Å². The van der Waals surface area contributed by atoms with E-state index in [1.54, 1.807) is 12.1 Å². The first-order valence-electron chi connectivity index (χ1n) is 7.11. The molecule has 0 amide bonds. The summed E-state index contributed by atoms with van der Waals surface area (Å²) in [6.45, 7) is 7.46. The molecule has 2 atom stereocenters. The van der Waals surface area contributed by atoms with Crippen LogP contribution in [-0.2, 0) is 6.42 Å². The fourth-order valence-corrected chi connectivity index (χ4v) is 1.86. The van der Waals surface area contributed by atoms with Gasteiger partial charge in [0, 0.05) is 24.6 Å². The van der Waals surface area contributed by atoms with Gasteiger partial charge < -0.3 is 15.5 Å². The molecule has 1 aromatic rings. The zero-order chi connectivity index (χ0) is 14.3. The molecule has 0 radical (unpaired) electrons. The smallest absolute Gasteiger partial charge is 0.115 e. The zero-order valence-corrected chi connectivity index (χ0v) is 12.3. The number of aromatic hydroxyl groups is 1. The van der Waals surface area contributed by atoms with Crippen molar-refractivity contribution in [3.63, 3.8) is 0 Å². The first-order chi connectivity index (χ1) is 8.99. The van der Waals surface area contributed by atoms with Gasteiger partial charge in [-0.15, -0.1) is 0 Å². The summed E-state index contributed by atoms with van der Waals surface area (Å²) >= 11 is 0. The van der Waals surface area contributed by atoms with Gasteiger partial charge in [0.2, 0.25) is 0 Å². The van der Waals surface area contributed by atoms with Crippen molar-refractivity contribution < 1.29 is 10.2 Å². The molecule has 0 spiro atoms. The molecule has 1 rings (SSSR count). The number of phenols is 1. The van der Waals surface area contributed by atoms with Crippen molar-refractivity contribution in [2.75, 3.05) is 13.2 Å². The Morgan fingerprint density at radius 2 is 1.89 bits per heavy atom. The average molecular weight is 265 g/mol. The number of aryl methyl sites for hydroxylation is 1. The van der Waals surface area contributed by atoms with Gasteiger partial charge in [0.25, 0.3) is 0 Å². The van der Waals surface area contributed by atoms with Crippen molar-refractivity contribution in [2.24, 2.45) is 5.41 Å². The molecule has 0 bridgehead atoms. The van der Waals surface area contributed by atoms with Gasteiger partial charge in [0.05, 0.1) is 0 Å². The Morgan fingerprint density at radius 3 is 2.42 bits per heavy atom. The van der Waals surface area contributed by atoms with Crippen LogP contribution in [0, 0.1) is 5.41 Å². The molecule has 0 saturated carbocycles. The Labute approximate surface area is 116 Å². The average Bonchev–Trinajstić information content (AvgIpc) is 2.44. The molecule has 0 saturated heterocycles. The largest absolute Gasteiger partial charge is 0.508 e. The molecule has 3 heteroatoms. The number of hydrogen-bond donors (Lipinski definition) is 3. The lowest BCUT2D eigenvalue weighted by atomic mass is 9.88. The lowest BCUT2D eigenvalue weighted by molar-refractivity contribution is 0.132. The van der Waals surface area contributed by atoms with Crippen LogP contribution in [0.1, 0.15) is 39.2 Å². The molecule has 3 N–H and O–H groups in total. The quantitative estimate of drug-likeness (QED) is 0.677. The monoisotopic (exact) mass is 265 g/mol. The molecule has 0 aliphatic carbocycles. The van der Waals surface area contributed by atoms with Crippen molar-refractivity contribution in [3.05, 3.63) is 29.8 Å². The zero-order valence-electron chi connectivity index (χ0n) is 12.3. The molecule has 0 aliphatic heterocycles. The molecule has 0 aromatic heterocycles. The van der Waals surface area contributed by atoms with Gasteiger partial charge in [-0.25, -0.2) is 0 Å². The predicted molar refractivity (Wildman–Crippen MR) is 79.4 cm³/mol. The van der Waals surface area contributed by atoms with Gasteiger partial charge >= 0.3 is 0 Å². The third-order valence-electron chi connectivity index (χ3n) is 3.91. The van der Waals surface area contributed by atoms with Crippen molar-refractivity contribution >= 4 is 0 Å². The molecule has 1 aromatic carbocycles. The Bertz CT molecular complexity index is 358. The third kappa shape index (κ3) is 5.62. The Hall–Kier alpha value is -1.06. The first-order valence-corrected chi connectivity index (χ1v) is 7.11. The van der Waals surface area contributed by atoms with E-state index in [0.29, 0.717) is 11.8 Å². The standard InChI is InChI=1S/C16H27NO2/c1-4-16(3,12-18)11-17-13(2)5-6-14-7-9-15(19)10-8-14/h7-10,13,17-19H,4-6,11-12H2,1-3H3. The normalized spacial score (nSPS) is 16.0.